The highest BCUT2D eigenvalue weighted by molar-refractivity contribution is 7.81. The second-order valence-electron chi connectivity index (χ2n) is 7.94. The molecule has 192 valence electrons. The van der Waals surface area contributed by atoms with Crippen molar-refractivity contribution in [2.75, 3.05) is 10.8 Å². The molecular weight excluding hydrogens is 525 g/mol. The number of nitrogens with one attached hydrogen (secondary N) is 1. The average molecular weight is 547 g/mol. The molecule has 0 fully saturated rings. The molecule has 0 saturated heterocycles. The van der Waals surface area contributed by atoms with Gasteiger partial charge in [-0.3, -0.25) is 9.35 Å². The van der Waals surface area contributed by atoms with Gasteiger partial charge in [0.15, 0.2) is 5.82 Å². The van der Waals surface area contributed by atoms with E-state index in [2.05, 4.69) is 14.1 Å². The summed E-state index contributed by atoms with van der Waals surface area (Å²) in [6, 6.07) is 20.8. The maximum Gasteiger partial charge on any atom is 0.416 e. The van der Waals surface area contributed by atoms with Crippen LogP contribution < -0.4 is 9.62 Å². The Hall–Kier alpha value is -3.61. The minimum Gasteiger partial charge on any atom is -0.352 e. The van der Waals surface area contributed by atoms with Crippen molar-refractivity contribution in [3.8, 4) is 0 Å². The molecule has 2 N–H and O–H groups in total. The van der Waals surface area contributed by atoms with Crippen LogP contribution in [0, 0.1) is 0 Å². The number of halogens is 3. The molecule has 0 saturated carbocycles. The number of nitrogens with zero attached hydrogens (tertiary/aromatic N) is 3. The Morgan fingerprint density at radius 2 is 1.62 bits per heavy atom. The molecule has 1 atom stereocenters. The van der Waals surface area contributed by atoms with Gasteiger partial charge in [-0.1, -0.05) is 60.7 Å². The molecule has 7 nitrogen and oxygen atoms in total. The summed E-state index contributed by atoms with van der Waals surface area (Å²) in [7, 11) is 0. The van der Waals surface area contributed by atoms with Crippen molar-refractivity contribution in [1.82, 2.24) is 14.1 Å². The maximum atomic E-state index is 13.6. The molecule has 0 spiro atoms. The average Bonchev–Trinajstić information content (AvgIpc) is 3.32. The number of carbonyl (C=O) groups excluding carboxylic acids is 1. The van der Waals surface area contributed by atoms with E-state index in [4.69, 9.17) is 0 Å². The van der Waals surface area contributed by atoms with Crippen molar-refractivity contribution in [2.45, 2.75) is 19.0 Å². The highest BCUT2D eigenvalue weighted by Gasteiger charge is 2.34. The second-order valence-corrected chi connectivity index (χ2v) is 9.30. The van der Waals surface area contributed by atoms with Crippen molar-refractivity contribution in [3.63, 3.8) is 0 Å². The summed E-state index contributed by atoms with van der Waals surface area (Å²) < 4.78 is 72.4. The third-order valence-corrected chi connectivity index (χ3v) is 6.67. The molecule has 0 aliphatic carbocycles. The number of aromatic nitrogens is 2. The Balaban J connectivity index is 1.70. The van der Waals surface area contributed by atoms with Gasteiger partial charge in [-0.2, -0.15) is 21.9 Å². The lowest BCUT2D eigenvalue weighted by atomic mass is 10.1. The number of rotatable bonds is 9. The molecule has 0 bridgehead atoms. The normalized spacial score (nSPS) is 12.2. The minimum absolute atomic E-state index is 0.104. The van der Waals surface area contributed by atoms with Crippen LogP contribution in [0.25, 0.3) is 0 Å². The Kier molecular flexibility index (Phi) is 8.31. The lowest BCUT2D eigenvalue weighted by molar-refractivity contribution is -0.137. The summed E-state index contributed by atoms with van der Waals surface area (Å²) in [5, 5.41) is 2.68. The Labute approximate surface area is 217 Å². The van der Waals surface area contributed by atoms with Gasteiger partial charge in [-0.25, -0.2) is 8.51 Å². The van der Waals surface area contributed by atoms with Crippen LogP contribution in [-0.2, 0) is 30.3 Å². The molecule has 1 unspecified atom stereocenters. The van der Waals surface area contributed by atoms with E-state index in [1.165, 1.54) is 0 Å². The van der Waals surface area contributed by atoms with E-state index in [1.54, 1.807) is 0 Å². The Bertz CT molecular complexity index is 1380. The molecule has 1 aromatic heterocycles. The largest absolute Gasteiger partial charge is 0.416 e. The van der Waals surface area contributed by atoms with Gasteiger partial charge < -0.3 is 5.32 Å². The van der Waals surface area contributed by atoms with Crippen molar-refractivity contribution in [3.05, 3.63) is 107 Å². The topological polar surface area (TPSA) is 95.4 Å². The molecule has 1 heterocycles. The van der Waals surface area contributed by atoms with Crippen LogP contribution in [-0.4, -0.2) is 30.0 Å². The fraction of sp³-hybridized carbons (Fsp3) is 0.160. The lowest BCUT2D eigenvalue weighted by Crippen LogP contribution is -2.30. The molecule has 0 radical (unpaired) electrons. The number of amides is 1. The van der Waals surface area contributed by atoms with Gasteiger partial charge in [0.05, 0.1) is 28.5 Å². The first-order valence-electron chi connectivity index (χ1n) is 11.0. The molecule has 3 aromatic carbocycles. The summed E-state index contributed by atoms with van der Waals surface area (Å²) in [4.78, 5) is 13.1. The summed E-state index contributed by atoms with van der Waals surface area (Å²) >= 11 is -2.11. The number of hydrogen-bond donors (Lipinski definition) is 2. The fourth-order valence-corrected chi connectivity index (χ4v) is 4.87. The fourth-order valence-electron chi connectivity index (χ4n) is 3.66. The predicted molar refractivity (Wildman–Crippen MR) is 136 cm³/mol. The van der Waals surface area contributed by atoms with Gasteiger partial charge in [0.1, 0.15) is 5.69 Å². The van der Waals surface area contributed by atoms with Gasteiger partial charge in [0, 0.05) is 13.0 Å². The number of hydrogen-bond acceptors (Lipinski definition) is 5. The Morgan fingerprint density at radius 3 is 2.24 bits per heavy atom. The molecule has 4 rings (SSSR count). The minimum atomic E-state index is -4.74. The van der Waals surface area contributed by atoms with Crippen molar-refractivity contribution in [1.29, 1.82) is 0 Å². The third-order valence-electron chi connectivity index (χ3n) is 5.43. The number of carbonyl (C=O) groups is 1. The summed E-state index contributed by atoms with van der Waals surface area (Å²) in [6.07, 6.45) is -4.03. The Morgan fingerprint density at radius 1 is 0.973 bits per heavy atom. The van der Waals surface area contributed by atoms with Gasteiger partial charge in [-0.15, -0.1) is 0 Å². The van der Waals surface area contributed by atoms with Crippen LogP contribution in [0.2, 0.25) is 0 Å². The summed E-state index contributed by atoms with van der Waals surface area (Å²) in [6.45, 7) is 0.211. The van der Waals surface area contributed by atoms with Crippen LogP contribution in [0.5, 0.6) is 0 Å². The van der Waals surface area contributed by atoms with E-state index in [0.717, 1.165) is 35.0 Å². The van der Waals surface area contributed by atoms with Gasteiger partial charge in [-0.05, 0) is 35.7 Å². The molecule has 0 aliphatic rings. The van der Waals surface area contributed by atoms with Gasteiger partial charge in [0.2, 0.25) is 0 Å². The van der Waals surface area contributed by atoms with Crippen molar-refractivity contribution in [2.24, 2.45) is 0 Å². The van der Waals surface area contributed by atoms with Gasteiger partial charge >= 0.3 is 6.18 Å². The number of anilines is 2. The second kappa shape index (κ2) is 11.6. The van der Waals surface area contributed by atoms with Crippen LogP contribution in [0.3, 0.4) is 0 Å². The van der Waals surface area contributed by atoms with Crippen LogP contribution in [0.15, 0.2) is 78.9 Å². The summed E-state index contributed by atoms with van der Waals surface area (Å²) in [5.74, 6) is -0.796. The van der Waals surface area contributed by atoms with E-state index >= 15 is 0 Å². The zero-order chi connectivity index (χ0) is 26.4. The first kappa shape index (κ1) is 26.5. The highest BCUT2D eigenvalue weighted by atomic mass is 32.2. The van der Waals surface area contributed by atoms with E-state index in [-0.39, 0.29) is 30.0 Å². The maximum absolute atomic E-state index is 13.6. The quantitative estimate of drug-likeness (QED) is 0.274. The monoisotopic (exact) mass is 546 g/mol. The van der Waals surface area contributed by atoms with E-state index in [1.807, 2.05) is 60.7 Å². The molecule has 0 aliphatic heterocycles. The van der Waals surface area contributed by atoms with E-state index in [9.17, 15) is 26.7 Å². The molecule has 37 heavy (non-hydrogen) atoms. The zero-order valence-electron chi connectivity index (χ0n) is 19.2. The first-order chi connectivity index (χ1) is 17.7. The van der Waals surface area contributed by atoms with E-state index < -0.39 is 34.6 Å². The van der Waals surface area contributed by atoms with Crippen LogP contribution >= 0.6 is 11.7 Å². The van der Waals surface area contributed by atoms with Crippen molar-refractivity contribution >= 4 is 40.4 Å². The van der Waals surface area contributed by atoms with Crippen LogP contribution in [0.4, 0.5) is 24.7 Å². The smallest absolute Gasteiger partial charge is 0.352 e. The summed E-state index contributed by atoms with van der Waals surface area (Å²) in [5.41, 5.74) is 0.380. The third kappa shape index (κ3) is 6.59. The zero-order valence-corrected chi connectivity index (χ0v) is 20.8. The molecule has 4 aromatic rings. The first-order valence-corrected chi connectivity index (χ1v) is 12.8. The predicted octanol–water partition coefficient (Wildman–Crippen LogP) is 5.40. The SMILES string of the molecule is O=C(NCCc1ccccc1)c1ccc(C(F)(F)F)cc1N(c1nsnc1Cc1ccccc1)S(=O)O. The van der Waals surface area contributed by atoms with Crippen molar-refractivity contribution < 1.29 is 26.7 Å². The van der Waals surface area contributed by atoms with Gasteiger partial charge in [0.25, 0.3) is 17.2 Å². The molecular formula is C25H21F3N4O3S2. The molecule has 1 amide bonds. The number of benzene rings is 3. The lowest BCUT2D eigenvalue weighted by Gasteiger charge is -2.22. The number of alkyl halides is 3. The van der Waals surface area contributed by atoms with E-state index in [0.29, 0.717) is 16.8 Å². The van der Waals surface area contributed by atoms with Crippen LogP contribution in [0.1, 0.15) is 32.7 Å². The highest BCUT2D eigenvalue weighted by Crippen LogP contribution is 2.37. The molecule has 12 heteroatoms. The standard InChI is InChI=1S/C25H21F3N4O3S2/c26-25(27,28)19-11-12-20(24(33)29-14-13-17-7-3-1-4-8-17)22(16-19)32(37(34)35)23-21(30-36-31-23)15-18-9-5-2-6-10-18/h1-12,16H,13-15H2,(H,29,33)(H,34,35).